The number of nitrogens with one attached hydrogen (secondary N) is 1. The first-order valence-corrected chi connectivity index (χ1v) is 9.39. The van der Waals surface area contributed by atoms with Gasteiger partial charge in [-0.2, -0.15) is 0 Å². The van der Waals surface area contributed by atoms with Crippen LogP contribution in [0, 0.1) is 6.92 Å². The summed E-state index contributed by atoms with van der Waals surface area (Å²) in [6.07, 6.45) is 1.65. The predicted molar refractivity (Wildman–Crippen MR) is 99.8 cm³/mol. The first-order valence-electron chi connectivity index (χ1n) is 7.75. The van der Waals surface area contributed by atoms with E-state index in [0.29, 0.717) is 21.4 Å². The molecule has 2 aromatic heterocycles. The highest BCUT2D eigenvalue weighted by Gasteiger charge is 2.29. The summed E-state index contributed by atoms with van der Waals surface area (Å²) in [5.41, 5.74) is 1.16. The zero-order valence-electron chi connectivity index (χ0n) is 13.7. The molecular formula is C17H13N5O2S2. The lowest BCUT2D eigenvalue weighted by molar-refractivity contribution is -0.114. The Morgan fingerprint density at radius 3 is 2.85 bits per heavy atom. The topological polar surface area (TPSA) is 88.1 Å². The first-order chi connectivity index (χ1) is 12.6. The summed E-state index contributed by atoms with van der Waals surface area (Å²) < 4.78 is 0. The maximum absolute atomic E-state index is 13.1. The van der Waals surface area contributed by atoms with Gasteiger partial charge in [0.05, 0.1) is 11.3 Å². The molecule has 0 spiro atoms. The van der Waals surface area contributed by atoms with E-state index in [9.17, 15) is 9.59 Å². The van der Waals surface area contributed by atoms with Crippen LogP contribution >= 0.6 is 23.1 Å². The molecule has 26 heavy (non-hydrogen) atoms. The molecule has 2 amide bonds. The van der Waals surface area contributed by atoms with E-state index in [1.165, 1.54) is 28.0 Å². The Bertz CT molecular complexity index is 1000. The monoisotopic (exact) mass is 383 g/mol. The number of aryl methyl sites for hydroxylation is 1. The molecule has 7 nitrogen and oxygen atoms in total. The van der Waals surface area contributed by atoms with Crippen molar-refractivity contribution in [2.24, 2.45) is 0 Å². The van der Waals surface area contributed by atoms with Gasteiger partial charge in [-0.25, -0.2) is 4.98 Å². The Hall–Kier alpha value is -2.78. The molecule has 0 saturated heterocycles. The van der Waals surface area contributed by atoms with Gasteiger partial charge in [-0.1, -0.05) is 35.2 Å². The van der Waals surface area contributed by atoms with Gasteiger partial charge in [0.1, 0.15) is 16.6 Å². The number of carbonyl (C=O) groups is 2. The van der Waals surface area contributed by atoms with Crippen molar-refractivity contribution in [2.75, 3.05) is 16.8 Å². The minimum Gasteiger partial charge on any atom is -0.299 e. The molecule has 9 heteroatoms. The summed E-state index contributed by atoms with van der Waals surface area (Å²) >= 11 is 2.71. The van der Waals surface area contributed by atoms with E-state index in [1.807, 2.05) is 31.2 Å². The average molecular weight is 383 g/mol. The lowest BCUT2D eigenvalue weighted by Crippen LogP contribution is -2.38. The first kappa shape index (κ1) is 16.7. The molecule has 4 rings (SSSR count). The Morgan fingerprint density at radius 1 is 1.19 bits per heavy atom. The Labute approximate surface area is 157 Å². The third-order valence-electron chi connectivity index (χ3n) is 3.68. The maximum Gasteiger partial charge on any atom is 0.261 e. The Balaban J connectivity index is 1.67. The van der Waals surface area contributed by atoms with Crippen LogP contribution in [0.1, 0.15) is 15.4 Å². The third kappa shape index (κ3) is 3.18. The maximum atomic E-state index is 13.1. The number of aromatic nitrogens is 3. The lowest BCUT2D eigenvalue weighted by atomic mass is 10.2. The summed E-state index contributed by atoms with van der Waals surface area (Å²) in [5.74, 6) is -0.587. The van der Waals surface area contributed by atoms with Crippen molar-refractivity contribution in [3.63, 3.8) is 0 Å². The number of hydrogen-bond acceptors (Lipinski definition) is 7. The number of pyridine rings is 1. The van der Waals surface area contributed by atoms with Gasteiger partial charge in [0.25, 0.3) is 5.91 Å². The van der Waals surface area contributed by atoms with Crippen LogP contribution in [0.15, 0.2) is 52.5 Å². The number of fused-ring (bicyclic) bond motifs is 2. The molecule has 0 unspecified atom stereocenters. The fraction of sp³-hybridized carbons (Fsp3) is 0.118. The quantitative estimate of drug-likeness (QED) is 0.748. The van der Waals surface area contributed by atoms with E-state index in [4.69, 9.17) is 0 Å². The second kappa shape index (κ2) is 6.85. The number of amides is 2. The number of hydrogen-bond donors (Lipinski definition) is 1. The fourth-order valence-electron chi connectivity index (χ4n) is 2.57. The molecule has 1 N–H and O–H groups in total. The van der Waals surface area contributed by atoms with E-state index in [0.717, 1.165) is 9.90 Å². The number of para-hydroxylation sites is 1. The van der Waals surface area contributed by atoms with Gasteiger partial charge < -0.3 is 0 Å². The number of nitrogens with zero attached hydrogens (tertiary/aromatic N) is 4. The van der Waals surface area contributed by atoms with Crippen molar-refractivity contribution >= 4 is 45.7 Å². The second-order valence-corrected chi connectivity index (χ2v) is 7.70. The van der Waals surface area contributed by atoms with E-state index >= 15 is 0 Å². The van der Waals surface area contributed by atoms with E-state index in [-0.39, 0.29) is 18.4 Å². The van der Waals surface area contributed by atoms with Crippen molar-refractivity contribution < 1.29 is 9.59 Å². The van der Waals surface area contributed by atoms with Crippen molar-refractivity contribution in [3.05, 3.63) is 53.2 Å². The van der Waals surface area contributed by atoms with Gasteiger partial charge in [0, 0.05) is 11.1 Å². The molecule has 1 aromatic carbocycles. The minimum atomic E-state index is -0.332. The molecule has 0 aliphatic carbocycles. The van der Waals surface area contributed by atoms with Crippen LogP contribution in [0.5, 0.6) is 0 Å². The third-order valence-corrected chi connectivity index (χ3v) is 5.52. The molecular weight excluding hydrogens is 370 g/mol. The largest absolute Gasteiger partial charge is 0.299 e. The standard InChI is InChI=1S/C17H13N5O2S2/c1-10-20-21-17(25-10)19-14(23)9-22-12-6-2-3-7-13(12)26-15-11(16(22)24)5-4-8-18-15/h2-8H,9H2,1H3,(H,19,21,23). The van der Waals surface area contributed by atoms with Crippen molar-refractivity contribution in [1.29, 1.82) is 0 Å². The van der Waals surface area contributed by atoms with E-state index in [1.54, 1.807) is 18.3 Å². The number of carbonyl (C=O) groups excluding carboxylic acids is 2. The molecule has 3 aromatic rings. The molecule has 1 aliphatic heterocycles. The average Bonchev–Trinajstić information content (AvgIpc) is 3.00. The van der Waals surface area contributed by atoms with E-state index < -0.39 is 0 Å². The molecule has 0 radical (unpaired) electrons. The van der Waals surface area contributed by atoms with Crippen LogP contribution in [0.4, 0.5) is 10.8 Å². The van der Waals surface area contributed by atoms with Crippen LogP contribution in [-0.2, 0) is 4.79 Å². The number of anilines is 2. The number of benzene rings is 1. The molecule has 1 aliphatic rings. The molecule has 130 valence electrons. The molecule has 0 fully saturated rings. The summed E-state index contributed by atoms with van der Waals surface area (Å²) in [4.78, 5) is 32.2. The van der Waals surface area contributed by atoms with Crippen molar-refractivity contribution in [3.8, 4) is 0 Å². The highest BCUT2D eigenvalue weighted by Crippen LogP contribution is 2.39. The van der Waals surface area contributed by atoms with Gasteiger partial charge in [-0.3, -0.25) is 19.8 Å². The van der Waals surface area contributed by atoms with Gasteiger partial charge in [-0.15, -0.1) is 10.2 Å². The summed E-state index contributed by atoms with van der Waals surface area (Å²) in [6, 6.07) is 10.9. The predicted octanol–water partition coefficient (Wildman–Crippen LogP) is 2.99. The summed E-state index contributed by atoms with van der Waals surface area (Å²) in [7, 11) is 0. The zero-order chi connectivity index (χ0) is 18.1. The van der Waals surface area contributed by atoms with Gasteiger partial charge in [0.2, 0.25) is 11.0 Å². The fourth-order valence-corrected chi connectivity index (χ4v) is 4.19. The molecule has 0 saturated carbocycles. The lowest BCUT2D eigenvalue weighted by Gasteiger charge is -2.21. The summed E-state index contributed by atoms with van der Waals surface area (Å²) in [6.45, 7) is 1.69. The molecule has 0 atom stereocenters. The van der Waals surface area contributed by atoms with Crippen molar-refractivity contribution in [2.45, 2.75) is 16.8 Å². The van der Waals surface area contributed by atoms with Crippen molar-refractivity contribution in [1.82, 2.24) is 15.2 Å². The van der Waals surface area contributed by atoms with Crippen LogP contribution < -0.4 is 10.2 Å². The van der Waals surface area contributed by atoms with Crippen LogP contribution in [0.3, 0.4) is 0 Å². The SMILES string of the molecule is Cc1nnc(NC(=O)CN2C(=O)c3cccnc3Sc3ccccc32)s1. The smallest absolute Gasteiger partial charge is 0.261 e. The van der Waals surface area contributed by atoms with Gasteiger partial charge in [0.15, 0.2) is 0 Å². The second-order valence-electron chi connectivity index (χ2n) is 5.49. The highest BCUT2D eigenvalue weighted by molar-refractivity contribution is 7.99. The zero-order valence-corrected chi connectivity index (χ0v) is 15.3. The van der Waals surface area contributed by atoms with Gasteiger partial charge in [-0.05, 0) is 31.2 Å². The van der Waals surface area contributed by atoms with Crippen LogP contribution in [-0.4, -0.2) is 33.5 Å². The normalized spacial score (nSPS) is 13.0. The Morgan fingerprint density at radius 2 is 2.04 bits per heavy atom. The van der Waals surface area contributed by atoms with Crippen LogP contribution in [0.25, 0.3) is 0 Å². The molecule has 0 bridgehead atoms. The Kier molecular flexibility index (Phi) is 4.39. The van der Waals surface area contributed by atoms with Gasteiger partial charge >= 0.3 is 0 Å². The molecule has 3 heterocycles. The number of rotatable bonds is 3. The van der Waals surface area contributed by atoms with E-state index in [2.05, 4.69) is 20.5 Å². The van der Waals surface area contributed by atoms with Crippen LogP contribution in [0.2, 0.25) is 0 Å². The highest BCUT2D eigenvalue weighted by atomic mass is 32.2. The summed E-state index contributed by atoms with van der Waals surface area (Å²) in [5, 5.41) is 12.3. The minimum absolute atomic E-state index is 0.122.